The van der Waals surface area contributed by atoms with Crippen molar-refractivity contribution >= 4 is 28.6 Å². The number of hydrogen-bond donors (Lipinski definition) is 2. The molecule has 0 atom stereocenters. The third-order valence-corrected chi connectivity index (χ3v) is 7.41. The number of ether oxygens (including phenoxy) is 1. The van der Waals surface area contributed by atoms with Crippen LogP contribution in [0.2, 0.25) is 0 Å². The zero-order valence-corrected chi connectivity index (χ0v) is 24.8. The molecule has 1 aliphatic carbocycles. The van der Waals surface area contributed by atoms with E-state index in [1.807, 2.05) is 63.2 Å². The van der Waals surface area contributed by atoms with Crippen LogP contribution >= 0.6 is 0 Å². The van der Waals surface area contributed by atoms with Crippen molar-refractivity contribution in [3.05, 3.63) is 89.5 Å². The molecule has 3 aromatic carbocycles. The molecule has 0 aliphatic heterocycles. The van der Waals surface area contributed by atoms with E-state index in [2.05, 4.69) is 41.0 Å². The van der Waals surface area contributed by atoms with Gasteiger partial charge < -0.3 is 15.4 Å². The summed E-state index contributed by atoms with van der Waals surface area (Å²) in [5.41, 5.74) is 5.11. The summed E-state index contributed by atoms with van der Waals surface area (Å²) < 4.78 is 5.23. The number of fused-ring (bicyclic) bond motifs is 2. The van der Waals surface area contributed by atoms with Gasteiger partial charge in [-0.25, -0.2) is 14.8 Å². The molecule has 2 N–H and O–H groups in total. The van der Waals surface area contributed by atoms with E-state index in [9.17, 15) is 9.59 Å². The molecule has 0 saturated carbocycles. The molecule has 1 aliphatic rings. The third-order valence-electron chi connectivity index (χ3n) is 7.41. The number of nitrogens with one attached hydrogen (secondary N) is 2. The Kier molecular flexibility index (Phi) is 9.15. The van der Waals surface area contributed by atoms with Gasteiger partial charge in [-0.1, -0.05) is 67.1 Å². The summed E-state index contributed by atoms with van der Waals surface area (Å²) in [5, 5.41) is 7.48. The van der Waals surface area contributed by atoms with Crippen LogP contribution in [0.3, 0.4) is 0 Å². The lowest BCUT2D eigenvalue weighted by Gasteiger charge is -2.19. The van der Waals surface area contributed by atoms with E-state index in [0.717, 1.165) is 60.0 Å². The standard InChI is InChI=1S/C35H40N4O3/c1-35(2,3)42-34(41)36-20-10-4-5-13-29(40)21-24-16-18-25(19-17-24)32-38-31-15-9-8-14-30(31)33(39-32)37-28-22-26-11-6-7-12-27(26)23-28/h6-9,11-12,14-19,28H,4-5,10,13,20-23H2,1-3H3,(H,36,41)(H,37,38,39). The monoisotopic (exact) mass is 564 g/mol. The number of unbranched alkanes of at least 4 members (excludes halogenated alkanes) is 2. The highest BCUT2D eigenvalue weighted by atomic mass is 16.6. The topological polar surface area (TPSA) is 93.2 Å². The Morgan fingerprint density at radius 3 is 2.26 bits per heavy atom. The van der Waals surface area contributed by atoms with Crippen LogP contribution in [0.4, 0.5) is 10.6 Å². The first-order valence-corrected chi connectivity index (χ1v) is 14.9. The van der Waals surface area contributed by atoms with Crippen molar-refractivity contribution in [2.75, 3.05) is 11.9 Å². The van der Waals surface area contributed by atoms with Gasteiger partial charge >= 0.3 is 6.09 Å². The second-order valence-electron chi connectivity index (χ2n) is 12.1. The first-order chi connectivity index (χ1) is 20.2. The van der Waals surface area contributed by atoms with Crippen molar-refractivity contribution in [3.8, 4) is 11.4 Å². The number of rotatable bonds is 11. The maximum absolute atomic E-state index is 12.6. The van der Waals surface area contributed by atoms with E-state index in [4.69, 9.17) is 14.7 Å². The Balaban J connectivity index is 1.14. The first kappa shape index (κ1) is 29.2. The predicted molar refractivity (Wildman–Crippen MR) is 168 cm³/mol. The fraction of sp³-hybridized carbons (Fsp3) is 0.371. The molecular formula is C35H40N4O3. The average molecular weight is 565 g/mol. The second kappa shape index (κ2) is 13.1. The van der Waals surface area contributed by atoms with Crippen molar-refractivity contribution in [2.45, 2.75) is 77.4 Å². The highest BCUT2D eigenvalue weighted by molar-refractivity contribution is 5.90. The van der Waals surface area contributed by atoms with E-state index in [1.165, 1.54) is 11.1 Å². The fourth-order valence-electron chi connectivity index (χ4n) is 5.39. The molecule has 0 bridgehead atoms. The molecule has 42 heavy (non-hydrogen) atoms. The maximum Gasteiger partial charge on any atom is 0.407 e. The largest absolute Gasteiger partial charge is 0.444 e. The minimum absolute atomic E-state index is 0.217. The number of ketones is 1. The van der Waals surface area contributed by atoms with Gasteiger partial charge in [-0.05, 0) is 75.3 Å². The molecule has 0 unspecified atom stereocenters. The molecule has 4 aromatic rings. The molecule has 1 aromatic heterocycles. The number of alkyl carbamates (subject to hydrolysis) is 1. The second-order valence-corrected chi connectivity index (χ2v) is 12.1. The van der Waals surface area contributed by atoms with Gasteiger partial charge in [-0.3, -0.25) is 4.79 Å². The maximum atomic E-state index is 12.6. The predicted octanol–water partition coefficient (Wildman–Crippen LogP) is 7.07. The third kappa shape index (κ3) is 7.93. The molecule has 0 spiro atoms. The number of carbonyl (C=O) groups is 2. The van der Waals surface area contributed by atoms with Gasteiger partial charge in [0.15, 0.2) is 5.82 Å². The van der Waals surface area contributed by atoms with Gasteiger partial charge in [0.05, 0.1) is 5.52 Å². The number of para-hydroxylation sites is 1. The van der Waals surface area contributed by atoms with Crippen LogP contribution in [0, 0.1) is 0 Å². The zero-order valence-electron chi connectivity index (χ0n) is 24.8. The number of aromatic nitrogens is 2. The van der Waals surface area contributed by atoms with Crippen LogP contribution < -0.4 is 10.6 Å². The number of nitrogens with zero attached hydrogens (tertiary/aromatic N) is 2. The number of hydrogen-bond acceptors (Lipinski definition) is 6. The molecule has 1 heterocycles. The molecule has 1 amide bonds. The summed E-state index contributed by atoms with van der Waals surface area (Å²) in [6.45, 7) is 6.07. The average Bonchev–Trinajstić information content (AvgIpc) is 3.37. The number of carbonyl (C=O) groups excluding carboxylic acids is 2. The van der Waals surface area contributed by atoms with Crippen LogP contribution in [0.25, 0.3) is 22.3 Å². The van der Waals surface area contributed by atoms with Crippen LogP contribution in [0.5, 0.6) is 0 Å². The summed E-state index contributed by atoms with van der Waals surface area (Å²) in [4.78, 5) is 34.1. The van der Waals surface area contributed by atoms with Crippen molar-refractivity contribution in [3.63, 3.8) is 0 Å². The molecule has 0 fully saturated rings. The zero-order chi connectivity index (χ0) is 29.5. The van der Waals surface area contributed by atoms with E-state index < -0.39 is 11.7 Å². The Morgan fingerprint density at radius 1 is 0.857 bits per heavy atom. The fourth-order valence-corrected chi connectivity index (χ4v) is 5.39. The van der Waals surface area contributed by atoms with Gasteiger partial charge in [-0.15, -0.1) is 0 Å². The number of amides is 1. The van der Waals surface area contributed by atoms with E-state index in [1.54, 1.807) is 0 Å². The Morgan fingerprint density at radius 2 is 1.55 bits per heavy atom. The van der Waals surface area contributed by atoms with Crippen LogP contribution in [0.1, 0.15) is 63.1 Å². The van der Waals surface area contributed by atoms with Crippen LogP contribution in [0.15, 0.2) is 72.8 Å². The summed E-state index contributed by atoms with van der Waals surface area (Å²) in [7, 11) is 0. The van der Waals surface area contributed by atoms with E-state index in [0.29, 0.717) is 31.3 Å². The SMILES string of the molecule is CC(C)(C)OC(=O)NCCCCCC(=O)Cc1ccc(-c2nc(NC3Cc4ccccc4C3)c3ccccc3n2)cc1. The van der Waals surface area contributed by atoms with Crippen molar-refractivity contribution < 1.29 is 14.3 Å². The molecule has 7 heteroatoms. The quantitative estimate of drug-likeness (QED) is 0.189. The molecule has 7 nitrogen and oxygen atoms in total. The molecule has 218 valence electrons. The van der Waals surface area contributed by atoms with E-state index >= 15 is 0 Å². The highest BCUT2D eigenvalue weighted by Gasteiger charge is 2.22. The molecule has 0 saturated heterocycles. The van der Waals surface area contributed by atoms with Crippen molar-refractivity contribution in [1.29, 1.82) is 0 Å². The van der Waals surface area contributed by atoms with E-state index in [-0.39, 0.29) is 5.78 Å². The minimum Gasteiger partial charge on any atom is -0.444 e. The summed E-state index contributed by atoms with van der Waals surface area (Å²) in [6, 6.07) is 25.0. The van der Waals surface area contributed by atoms with Crippen molar-refractivity contribution in [1.82, 2.24) is 15.3 Å². The molecular weight excluding hydrogens is 524 g/mol. The summed E-state index contributed by atoms with van der Waals surface area (Å²) in [5.74, 6) is 1.74. The van der Waals surface area contributed by atoms with Crippen LogP contribution in [-0.2, 0) is 28.8 Å². The lowest BCUT2D eigenvalue weighted by Crippen LogP contribution is -2.32. The van der Waals surface area contributed by atoms with Gasteiger partial charge in [0.2, 0.25) is 0 Å². The van der Waals surface area contributed by atoms with Gasteiger partial charge in [0.1, 0.15) is 17.2 Å². The number of Topliss-reactive ketones (excluding diaryl/α,β-unsaturated/α-hetero) is 1. The number of anilines is 1. The molecule has 5 rings (SSSR count). The lowest BCUT2D eigenvalue weighted by molar-refractivity contribution is -0.118. The normalized spacial score (nSPS) is 13.1. The highest BCUT2D eigenvalue weighted by Crippen LogP contribution is 2.29. The summed E-state index contributed by atoms with van der Waals surface area (Å²) in [6.07, 6.45) is 5.00. The van der Waals surface area contributed by atoms with Crippen molar-refractivity contribution in [2.24, 2.45) is 0 Å². The first-order valence-electron chi connectivity index (χ1n) is 14.9. The Labute approximate surface area is 248 Å². The van der Waals surface area contributed by atoms with Crippen LogP contribution in [-0.4, -0.2) is 40.0 Å². The molecule has 0 radical (unpaired) electrons. The summed E-state index contributed by atoms with van der Waals surface area (Å²) >= 11 is 0. The van der Waals surface area contributed by atoms with Gasteiger partial charge in [0, 0.05) is 36.4 Å². The Hall–Kier alpha value is -4.26. The lowest BCUT2D eigenvalue weighted by atomic mass is 10.0. The van der Waals surface area contributed by atoms with Gasteiger partial charge in [-0.2, -0.15) is 0 Å². The number of benzene rings is 3. The van der Waals surface area contributed by atoms with Gasteiger partial charge in [0.25, 0.3) is 0 Å². The Bertz CT molecular complexity index is 1520. The minimum atomic E-state index is -0.500. The smallest absolute Gasteiger partial charge is 0.407 e.